The molecule has 3 saturated heterocycles. The summed E-state index contributed by atoms with van der Waals surface area (Å²) in [6.07, 6.45) is -14.9. The molecule has 4 saturated carbocycles. The lowest BCUT2D eigenvalue weighted by atomic mass is 9.33. The van der Waals surface area contributed by atoms with E-state index in [1.807, 2.05) is 0 Å². The largest absolute Gasteiger partial charge is 0.481 e. The van der Waals surface area contributed by atoms with Gasteiger partial charge in [-0.1, -0.05) is 60.1 Å². The monoisotopic (exact) mass is 926 g/mol. The molecular weight excluding hydrogens is 852 g/mol. The second-order valence-corrected chi connectivity index (χ2v) is 23.1. The molecule has 8 rings (SSSR count). The van der Waals surface area contributed by atoms with Gasteiger partial charge in [-0.05, 0) is 109 Å². The van der Waals surface area contributed by atoms with Crippen molar-refractivity contribution in [1.82, 2.24) is 0 Å². The molecule has 0 spiro atoms. The van der Waals surface area contributed by atoms with Crippen molar-refractivity contribution in [2.45, 2.75) is 205 Å². The normalized spacial score (nSPS) is 52.8. The van der Waals surface area contributed by atoms with Crippen molar-refractivity contribution in [1.29, 1.82) is 0 Å². The van der Waals surface area contributed by atoms with Gasteiger partial charge in [0.05, 0.1) is 24.7 Å². The smallest absolute Gasteiger partial charge is 0.335 e. The van der Waals surface area contributed by atoms with Crippen molar-refractivity contribution in [2.24, 2.45) is 50.2 Å². The van der Waals surface area contributed by atoms with Crippen LogP contribution in [0.25, 0.3) is 0 Å². The van der Waals surface area contributed by atoms with Crippen LogP contribution in [0.5, 0.6) is 0 Å². The number of aliphatic hydroxyl groups is 8. The third-order valence-corrected chi connectivity index (χ3v) is 18.9. The highest BCUT2D eigenvalue weighted by Gasteiger charge is 2.70. The molecule has 0 radical (unpaired) electrons. The fourth-order valence-corrected chi connectivity index (χ4v) is 14.8. The molecule has 22 atom stereocenters. The van der Waals surface area contributed by atoms with E-state index in [1.165, 1.54) is 5.57 Å². The number of aliphatic hydroxyl groups excluding tert-OH is 8. The molecule has 3 heterocycles. The second-order valence-electron chi connectivity index (χ2n) is 23.1. The molecule has 0 aromatic heterocycles. The van der Waals surface area contributed by atoms with E-state index in [1.54, 1.807) is 0 Å². The SMILES string of the molecule is CC1(C)CC[C@]2(C(=O)O)CC[C@]3(C)C(=CCC4[C@@]5(C)CC[C@H](O[C@@H]6O[C@H](C(=O)O)C(O)C(OC7OC[C@@H](O)C(O)[C@H]7OC7O[C@H](CO)C(O)C(O)[C@H]7O)[C@H]6O)C(C)(C)C5CC[C@]43C)C2C1. The van der Waals surface area contributed by atoms with E-state index in [-0.39, 0.29) is 33.5 Å². The lowest BCUT2D eigenvalue weighted by Gasteiger charge is -2.71. The summed E-state index contributed by atoms with van der Waals surface area (Å²) in [6, 6.07) is 0. The van der Waals surface area contributed by atoms with E-state index in [0.29, 0.717) is 25.2 Å². The van der Waals surface area contributed by atoms with Crippen LogP contribution in [0.4, 0.5) is 0 Å². The first-order valence-corrected chi connectivity index (χ1v) is 23.7. The Morgan fingerprint density at radius 1 is 0.692 bits per heavy atom. The zero-order valence-electron chi connectivity index (χ0n) is 38.7. The number of ether oxygens (including phenoxy) is 6. The second kappa shape index (κ2) is 17.2. The van der Waals surface area contributed by atoms with Crippen LogP contribution in [0.2, 0.25) is 0 Å². The summed E-state index contributed by atoms with van der Waals surface area (Å²) in [6.45, 7) is 14.7. The van der Waals surface area contributed by atoms with Crippen LogP contribution in [-0.2, 0) is 38.0 Å². The minimum atomic E-state index is -2.01. The zero-order chi connectivity index (χ0) is 47.6. The summed E-state index contributed by atoms with van der Waals surface area (Å²) in [5.74, 6) is -1.81. The number of carboxylic acids is 2. The Bertz CT molecular complexity index is 1820. The van der Waals surface area contributed by atoms with E-state index in [0.717, 1.165) is 44.9 Å². The molecule has 0 amide bonds. The molecule has 7 fully saturated rings. The fourth-order valence-electron chi connectivity index (χ4n) is 14.8. The number of carbonyl (C=O) groups is 2. The van der Waals surface area contributed by atoms with Crippen LogP contribution >= 0.6 is 0 Å². The maximum absolute atomic E-state index is 13.1. The maximum Gasteiger partial charge on any atom is 0.335 e. The average molecular weight is 927 g/mol. The summed E-state index contributed by atoms with van der Waals surface area (Å²) in [5, 5.41) is 107. The molecule has 3 aliphatic heterocycles. The van der Waals surface area contributed by atoms with Crippen LogP contribution in [0.15, 0.2) is 11.6 Å². The van der Waals surface area contributed by atoms with Gasteiger partial charge in [0.15, 0.2) is 25.0 Å². The third kappa shape index (κ3) is 7.76. The van der Waals surface area contributed by atoms with Gasteiger partial charge in [0.2, 0.25) is 0 Å². The van der Waals surface area contributed by atoms with E-state index in [2.05, 4.69) is 54.5 Å². The quantitative estimate of drug-likeness (QED) is 0.116. The molecule has 0 aromatic rings. The Hall–Kier alpha value is -1.88. The maximum atomic E-state index is 13.1. The van der Waals surface area contributed by atoms with Gasteiger partial charge in [-0.15, -0.1) is 0 Å². The molecule has 0 aromatic carbocycles. The lowest BCUT2D eigenvalue weighted by Crippen LogP contribution is -2.67. The number of allylic oxidation sites excluding steroid dienone is 2. The van der Waals surface area contributed by atoms with Crippen molar-refractivity contribution in [3.63, 3.8) is 0 Å². The number of rotatable bonds is 9. The van der Waals surface area contributed by atoms with Gasteiger partial charge in [-0.2, -0.15) is 0 Å². The highest BCUT2D eigenvalue weighted by Crippen LogP contribution is 2.76. The number of aliphatic carboxylic acids is 2. The van der Waals surface area contributed by atoms with E-state index >= 15 is 0 Å². The first kappa shape index (κ1) is 49.5. The lowest BCUT2D eigenvalue weighted by molar-refractivity contribution is -0.381. The molecule has 8 aliphatic rings. The molecule has 65 heavy (non-hydrogen) atoms. The van der Waals surface area contributed by atoms with Gasteiger partial charge in [0.1, 0.15) is 61.0 Å². The summed E-state index contributed by atoms with van der Waals surface area (Å²) < 4.78 is 35.3. The first-order chi connectivity index (χ1) is 30.3. The van der Waals surface area contributed by atoms with E-state index < -0.39 is 128 Å². The van der Waals surface area contributed by atoms with E-state index in [9.17, 15) is 60.7 Å². The Morgan fingerprint density at radius 3 is 2.02 bits per heavy atom. The molecular formula is C47H74O18. The predicted octanol–water partition coefficient (Wildman–Crippen LogP) is 1.44. The molecule has 18 heteroatoms. The van der Waals surface area contributed by atoms with Gasteiger partial charge in [0, 0.05) is 0 Å². The van der Waals surface area contributed by atoms with Gasteiger partial charge in [0.25, 0.3) is 0 Å². The van der Waals surface area contributed by atoms with Crippen molar-refractivity contribution < 1.29 is 89.1 Å². The highest BCUT2D eigenvalue weighted by atomic mass is 16.8. The van der Waals surface area contributed by atoms with Crippen LogP contribution < -0.4 is 0 Å². The fraction of sp³-hybridized carbons (Fsp3) is 0.915. The standard InChI is InChI=1S/C47H74O18/c1-42(2)14-16-47(41(58)59)17-15-45(6)21(22(47)18-42)8-9-26-44(5)12-11-27(43(3,4)25(44)10-13-46(26,45)7)62-39-33(55)34(32(54)35(64-39)37(56)57)63-40-36(28(50)23(49)20-60-40)65-38-31(53)30(52)29(51)24(19-48)61-38/h8,22-36,38-40,48-55H,9-20H2,1-7H3,(H,56,57)(H,58,59)/t22?,23-,24-,25?,26?,27+,28?,29?,30?,31-,32?,33-,34?,35+,36-,38?,39-,40?,44+,45-,46-,47+/m1/s1. The van der Waals surface area contributed by atoms with Crippen LogP contribution in [0.3, 0.4) is 0 Å². The van der Waals surface area contributed by atoms with Crippen molar-refractivity contribution in [2.75, 3.05) is 13.2 Å². The highest BCUT2D eigenvalue weighted by molar-refractivity contribution is 5.76. The molecule has 5 aliphatic carbocycles. The van der Waals surface area contributed by atoms with Crippen molar-refractivity contribution in [3.8, 4) is 0 Å². The van der Waals surface area contributed by atoms with Crippen LogP contribution in [-0.4, -0.2) is 168 Å². The Balaban J connectivity index is 1.02. The zero-order valence-corrected chi connectivity index (χ0v) is 38.7. The molecule has 10 N–H and O–H groups in total. The van der Waals surface area contributed by atoms with Gasteiger partial charge >= 0.3 is 11.9 Å². The Kier molecular flexibility index (Phi) is 13.1. The number of hydrogen-bond acceptors (Lipinski definition) is 16. The predicted molar refractivity (Wildman–Crippen MR) is 225 cm³/mol. The summed E-state index contributed by atoms with van der Waals surface area (Å²) in [5.41, 5.74) is -0.261. The summed E-state index contributed by atoms with van der Waals surface area (Å²) in [4.78, 5) is 25.7. The molecule has 10 unspecified atom stereocenters. The number of hydrogen-bond donors (Lipinski definition) is 10. The number of fused-ring (bicyclic) bond motifs is 7. The topological polar surface area (TPSA) is 292 Å². The van der Waals surface area contributed by atoms with Crippen LogP contribution in [0, 0.1) is 50.2 Å². The van der Waals surface area contributed by atoms with Gasteiger partial charge in [-0.25, -0.2) is 4.79 Å². The number of carboxylic acid groups (broad SMARTS) is 2. The average Bonchev–Trinajstić information content (AvgIpc) is 3.23. The summed E-state index contributed by atoms with van der Waals surface area (Å²) in [7, 11) is 0. The third-order valence-electron chi connectivity index (χ3n) is 18.9. The Morgan fingerprint density at radius 2 is 1.35 bits per heavy atom. The molecule has 0 bridgehead atoms. The Labute approximate surface area is 380 Å². The minimum absolute atomic E-state index is 0.00328. The van der Waals surface area contributed by atoms with E-state index in [4.69, 9.17) is 28.4 Å². The first-order valence-electron chi connectivity index (χ1n) is 23.7. The van der Waals surface area contributed by atoms with Crippen LogP contribution in [0.1, 0.15) is 113 Å². The van der Waals surface area contributed by atoms with Crippen molar-refractivity contribution in [3.05, 3.63) is 11.6 Å². The van der Waals surface area contributed by atoms with Gasteiger partial charge < -0.3 is 79.5 Å². The molecule has 18 nitrogen and oxygen atoms in total. The molecule has 370 valence electrons. The minimum Gasteiger partial charge on any atom is -0.481 e. The summed E-state index contributed by atoms with van der Waals surface area (Å²) >= 11 is 0. The van der Waals surface area contributed by atoms with Crippen molar-refractivity contribution >= 4 is 11.9 Å². The van der Waals surface area contributed by atoms with Gasteiger partial charge in [-0.3, -0.25) is 4.79 Å².